The molecule has 2 aliphatic heterocycles. The van der Waals surface area contributed by atoms with Crippen LogP contribution in [0.25, 0.3) is 0 Å². The summed E-state index contributed by atoms with van der Waals surface area (Å²) in [5.41, 5.74) is -0.0401. The van der Waals surface area contributed by atoms with Crippen molar-refractivity contribution in [3.05, 3.63) is 23.8 Å². The number of nitrogens with zero attached hydrogens (tertiary/aromatic N) is 1. The summed E-state index contributed by atoms with van der Waals surface area (Å²) >= 11 is 0. The summed E-state index contributed by atoms with van der Waals surface area (Å²) in [6.07, 6.45) is 0.651. The van der Waals surface area contributed by atoms with Crippen molar-refractivity contribution in [3.63, 3.8) is 0 Å². The van der Waals surface area contributed by atoms with Crippen molar-refractivity contribution in [1.29, 1.82) is 0 Å². The Labute approximate surface area is 181 Å². The van der Waals surface area contributed by atoms with Gasteiger partial charge in [0.2, 0.25) is 10.0 Å². The molecule has 0 spiro atoms. The number of sulfone groups is 1. The van der Waals surface area contributed by atoms with Crippen LogP contribution in [0.2, 0.25) is 0 Å². The molecule has 10 nitrogen and oxygen atoms in total. The maximum atomic E-state index is 12.9. The Hall–Kier alpha value is -2.18. The topological polar surface area (TPSA) is 136 Å². The molecule has 0 saturated carbocycles. The molecule has 0 aliphatic carbocycles. The van der Waals surface area contributed by atoms with Gasteiger partial charge in [0.1, 0.15) is 10.6 Å². The highest BCUT2D eigenvalue weighted by Gasteiger charge is 2.32. The van der Waals surface area contributed by atoms with Gasteiger partial charge >= 0.3 is 5.97 Å². The van der Waals surface area contributed by atoms with Crippen molar-refractivity contribution in [2.75, 3.05) is 31.7 Å². The standard InChI is InChI=1S/C19H26N2O8S2/c1-13(18(22)20-15-7-10-30(24,25)12-15)29-19(23)14-5-6-16(28-2)17(11-14)31(26,27)21-8-3-4-9-21/h5-6,11,13,15H,3-4,7-10,12H2,1-2H3,(H,20,22). The normalized spacial score (nSPS) is 22.1. The number of methoxy groups -OCH3 is 1. The molecule has 2 saturated heterocycles. The Balaban J connectivity index is 1.72. The molecular formula is C19H26N2O8S2. The highest BCUT2D eigenvalue weighted by atomic mass is 32.2. The SMILES string of the molecule is COc1ccc(C(=O)OC(C)C(=O)NC2CCS(=O)(=O)C2)cc1S(=O)(=O)N1CCCC1. The second-order valence-electron chi connectivity index (χ2n) is 7.63. The average molecular weight is 475 g/mol. The van der Waals surface area contributed by atoms with Crippen LogP contribution in [0.15, 0.2) is 23.1 Å². The van der Waals surface area contributed by atoms with Crippen LogP contribution in [-0.4, -0.2) is 76.9 Å². The van der Waals surface area contributed by atoms with Crippen molar-refractivity contribution in [1.82, 2.24) is 9.62 Å². The molecular weight excluding hydrogens is 448 g/mol. The zero-order chi connectivity index (χ0) is 22.8. The zero-order valence-electron chi connectivity index (χ0n) is 17.4. The fourth-order valence-electron chi connectivity index (χ4n) is 3.58. The average Bonchev–Trinajstić information content (AvgIpc) is 3.37. The van der Waals surface area contributed by atoms with E-state index in [9.17, 15) is 26.4 Å². The van der Waals surface area contributed by atoms with Crippen LogP contribution in [0, 0.1) is 0 Å². The molecule has 1 amide bonds. The molecule has 1 N–H and O–H groups in total. The number of sulfonamides is 1. The fraction of sp³-hybridized carbons (Fsp3) is 0.579. The van der Waals surface area contributed by atoms with Gasteiger partial charge in [-0.25, -0.2) is 21.6 Å². The lowest BCUT2D eigenvalue weighted by molar-refractivity contribution is -0.129. The summed E-state index contributed by atoms with van der Waals surface area (Å²) < 4.78 is 60.6. The first-order chi connectivity index (χ1) is 14.5. The number of hydrogen-bond acceptors (Lipinski definition) is 8. The van der Waals surface area contributed by atoms with Gasteiger partial charge in [0, 0.05) is 19.1 Å². The van der Waals surface area contributed by atoms with Gasteiger partial charge in [0.25, 0.3) is 5.91 Å². The Kier molecular flexibility index (Phi) is 6.92. The van der Waals surface area contributed by atoms with E-state index in [4.69, 9.17) is 9.47 Å². The van der Waals surface area contributed by atoms with Crippen molar-refractivity contribution >= 4 is 31.7 Å². The molecule has 31 heavy (non-hydrogen) atoms. The van der Waals surface area contributed by atoms with Gasteiger partial charge in [-0.2, -0.15) is 4.31 Å². The monoisotopic (exact) mass is 474 g/mol. The molecule has 2 aliphatic rings. The van der Waals surface area contributed by atoms with Crippen LogP contribution in [0.1, 0.15) is 36.5 Å². The Morgan fingerprint density at radius 2 is 1.90 bits per heavy atom. The fourth-order valence-corrected chi connectivity index (χ4v) is 6.95. The molecule has 1 aromatic rings. The number of benzene rings is 1. The first-order valence-electron chi connectivity index (χ1n) is 9.93. The summed E-state index contributed by atoms with van der Waals surface area (Å²) in [6.45, 7) is 2.16. The quantitative estimate of drug-likeness (QED) is 0.558. The predicted molar refractivity (Wildman–Crippen MR) is 111 cm³/mol. The van der Waals surface area contributed by atoms with E-state index in [1.165, 1.54) is 36.5 Å². The molecule has 2 unspecified atom stereocenters. The number of ether oxygens (including phenoxy) is 2. The van der Waals surface area contributed by atoms with Gasteiger partial charge in [-0.05, 0) is 44.4 Å². The van der Waals surface area contributed by atoms with E-state index in [-0.39, 0.29) is 27.7 Å². The van der Waals surface area contributed by atoms with Crippen molar-refractivity contribution in [2.45, 2.75) is 43.2 Å². The highest BCUT2D eigenvalue weighted by molar-refractivity contribution is 7.91. The van der Waals surface area contributed by atoms with Crippen LogP contribution < -0.4 is 10.1 Å². The van der Waals surface area contributed by atoms with Gasteiger partial charge < -0.3 is 14.8 Å². The van der Waals surface area contributed by atoms with E-state index in [2.05, 4.69) is 5.32 Å². The van der Waals surface area contributed by atoms with Gasteiger partial charge in [0.05, 0.1) is 24.2 Å². The van der Waals surface area contributed by atoms with Crippen molar-refractivity contribution < 1.29 is 35.9 Å². The summed E-state index contributed by atoms with van der Waals surface area (Å²) in [5, 5.41) is 2.56. The van der Waals surface area contributed by atoms with Crippen LogP contribution in [-0.2, 0) is 29.4 Å². The maximum absolute atomic E-state index is 12.9. The maximum Gasteiger partial charge on any atom is 0.338 e. The van der Waals surface area contributed by atoms with Gasteiger partial charge in [0.15, 0.2) is 15.9 Å². The first-order valence-corrected chi connectivity index (χ1v) is 13.2. The smallest absolute Gasteiger partial charge is 0.338 e. The Morgan fingerprint density at radius 1 is 1.23 bits per heavy atom. The first kappa shape index (κ1) is 23.5. The lowest BCUT2D eigenvalue weighted by Gasteiger charge is -2.19. The minimum Gasteiger partial charge on any atom is -0.495 e. The largest absolute Gasteiger partial charge is 0.495 e. The van der Waals surface area contributed by atoms with Crippen LogP contribution in [0.5, 0.6) is 5.75 Å². The van der Waals surface area contributed by atoms with E-state index in [0.717, 1.165) is 12.8 Å². The molecule has 0 radical (unpaired) electrons. The minimum absolute atomic E-state index is 0.00618. The van der Waals surface area contributed by atoms with Gasteiger partial charge in [-0.3, -0.25) is 4.79 Å². The second kappa shape index (κ2) is 9.13. The molecule has 0 bridgehead atoms. The molecule has 3 rings (SSSR count). The number of carbonyl (C=O) groups is 2. The number of hydrogen-bond donors (Lipinski definition) is 1. The molecule has 2 heterocycles. The van der Waals surface area contributed by atoms with Crippen LogP contribution >= 0.6 is 0 Å². The molecule has 1 aromatic carbocycles. The third-order valence-corrected chi connectivity index (χ3v) is 9.00. The van der Waals surface area contributed by atoms with E-state index < -0.39 is 43.9 Å². The lowest BCUT2D eigenvalue weighted by Crippen LogP contribution is -2.42. The van der Waals surface area contributed by atoms with Crippen molar-refractivity contribution in [3.8, 4) is 5.75 Å². The summed E-state index contributed by atoms with van der Waals surface area (Å²) in [4.78, 5) is 24.7. The number of carbonyl (C=O) groups excluding carboxylic acids is 2. The third kappa shape index (κ3) is 5.36. The molecule has 2 atom stereocenters. The number of nitrogens with one attached hydrogen (secondary N) is 1. The van der Waals surface area contributed by atoms with Gasteiger partial charge in [-0.15, -0.1) is 0 Å². The molecule has 0 aromatic heterocycles. The molecule has 12 heteroatoms. The predicted octanol–water partition coefficient (Wildman–Crippen LogP) is 0.328. The highest BCUT2D eigenvalue weighted by Crippen LogP contribution is 2.30. The molecule has 2 fully saturated rings. The van der Waals surface area contributed by atoms with E-state index in [0.29, 0.717) is 19.5 Å². The zero-order valence-corrected chi connectivity index (χ0v) is 19.0. The van der Waals surface area contributed by atoms with Crippen LogP contribution in [0.4, 0.5) is 0 Å². The second-order valence-corrected chi connectivity index (χ2v) is 11.8. The number of esters is 1. The number of amides is 1. The minimum atomic E-state index is -3.84. The Morgan fingerprint density at radius 3 is 2.48 bits per heavy atom. The van der Waals surface area contributed by atoms with E-state index in [1.807, 2.05) is 0 Å². The lowest BCUT2D eigenvalue weighted by atomic mass is 10.2. The van der Waals surface area contributed by atoms with Gasteiger partial charge in [-0.1, -0.05) is 0 Å². The molecule has 172 valence electrons. The van der Waals surface area contributed by atoms with Crippen LogP contribution in [0.3, 0.4) is 0 Å². The summed E-state index contributed by atoms with van der Waals surface area (Å²) in [6, 6.07) is 3.39. The van der Waals surface area contributed by atoms with E-state index >= 15 is 0 Å². The Bertz CT molecular complexity index is 1060. The number of rotatable bonds is 7. The van der Waals surface area contributed by atoms with Crippen molar-refractivity contribution in [2.24, 2.45) is 0 Å². The third-order valence-electron chi connectivity index (χ3n) is 5.31. The van der Waals surface area contributed by atoms with E-state index in [1.54, 1.807) is 0 Å². The summed E-state index contributed by atoms with van der Waals surface area (Å²) in [7, 11) is -5.67. The summed E-state index contributed by atoms with van der Waals surface area (Å²) in [5.74, 6) is -1.52.